The molecule has 0 bridgehead atoms. The zero-order chi connectivity index (χ0) is 17.4. The molecule has 0 saturated carbocycles. The number of amides is 1. The SMILES string of the molecule is CCNC(=NCC1CCCN(C)C1)N1CCC(CC(=O)NC)CC1. The number of piperidine rings is 2. The Kier molecular flexibility index (Phi) is 7.82. The molecule has 1 atom stereocenters. The minimum Gasteiger partial charge on any atom is -0.359 e. The second kappa shape index (κ2) is 9.87. The average molecular weight is 338 g/mol. The Morgan fingerprint density at radius 1 is 1.17 bits per heavy atom. The monoisotopic (exact) mass is 337 g/mol. The van der Waals surface area contributed by atoms with Gasteiger partial charge in [-0.3, -0.25) is 9.79 Å². The van der Waals surface area contributed by atoms with Crippen molar-refractivity contribution in [1.29, 1.82) is 0 Å². The standard InChI is InChI=1S/C18H35N5O/c1-4-20-18(21-13-16-6-5-9-22(3)14-16)23-10-7-15(8-11-23)12-17(24)19-2/h15-16H,4-14H2,1-3H3,(H,19,24)(H,20,21). The Labute approximate surface area is 147 Å². The summed E-state index contributed by atoms with van der Waals surface area (Å²) in [5.41, 5.74) is 0. The fraction of sp³-hybridized carbons (Fsp3) is 0.889. The normalized spacial score (nSPS) is 24.0. The fourth-order valence-electron chi connectivity index (χ4n) is 3.78. The van der Waals surface area contributed by atoms with Crippen molar-refractivity contribution in [3.05, 3.63) is 0 Å². The maximum absolute atomic E-state index is 11.5. The van der Waals surface area contributed by atoms with Gasteiger partial charge in [0.05, 0.1) is 0 Å². The van der Waals surface area contributed by atoms with Crippen molar-refractivity contribution in [3.63, 3.8) is 0 Å². The van der Waals surface area contributed by atoms with E-state index in [-0.39, 0.29) is 5.91 Å². The molecule has 2 fully saturated rings. The molecular weight excluding hydrogens is 302 g/mol. The molecule has 1 amide bonds. The molecule has 0 aromatic rings. The molecule has 2 aliphatic heterocycles. The summed E-state index contributed by atoms with van der Waals surface area (Å²) >= 11 is 0. The summed E-state index contributed by atoms with van der Waals surface area (Å²) in [4.78, 5) is 21.2. The van der Waals surface area contributed by atoms with Crippen LogP contribution in [0.3, 0.4) is 0 Å². The van der Waals surface area contributed by atoms with E-state index in [9.17, 15) is 4.79 Å². The third kappa shape index (κ3) is 5.96. The maximum Gasteiger partial charge on any atom is 0.220 e. The highest BCUT2D eigenvalue weighted by atomic mass is 16.1. The largest absolute Gasteiger partial charge is 0.359 e. The zero-order valence-electron chi connectivity index (χ0n) is 15.7. The minimum atomic E-state index is 0.162. The van der Waals surface area contributed by atoms with Crippen molar-refractivity contribution < 1.29 is 4.79 Å². The minimum absolute atomic E-state index is 0.162. The Morgan fingerprint density at radius 3 is 2.54 bits per heavy atom. The van der Waals surface area contributed by atoms with Crippen LogP contribution in [0.15, 0.2) is 4.99 Å². The molecule has 0 radical (unpaired) electrons. The van der Waals surface area contributed by atoms with E-state index in [0.717, 1.165) is 51.5 Å². The predicted molar refractivity (Wildman–Crippen MR) is 99.2 cm³/mol. The van der Waals surface area contributed by atoms with Gasteiger partial charge in [-0.2, -0.15) is 0 Å². The van der Waals surface area contributed by atoms with Crippen LogP contribution in [0.4, 0.5) is 0 Å². The van der Waals surface area contributed by atoms with Gasteiger partial charge in [0.15, 0.2) is 5.96 Å². The van der Waals surface area contributed by atoms with E-state index in [1.165, 1.54) is 19.4 Å². The number of nitrogens with one attached hydrogen (secondary N) is 2. The first-order valence-electron chi connectivity index (χ1n) is 9.54. The Balaban J connectivity index is 1.84. The lowest BCUT2D eigenvalue weighted by Gasteiger charge is -2.34. The lowest BCUT2D eigenvalue weighted by atomic mass is 9.93. The number of rotatable bonds is 5. The molecule has 2 rings (SSSR count). The molecule has 0 spiro atoms. The van der Waals surface area contributed by atoms with Crippen LogP contribution in [0.5, 0.6) is 0 Å². The van der Waals surface area contributed by atoms with E-state index in [2.05, 4.69) is 34.4 Å². The Bertz CT molecular complexity index is 418. The molecule has 1 unspecified atom stereocenters. The van der Waals surface area contributed by atoms with E-state index in [4.69, 9.17) is 4.99 Å². The Hall–Kier alpha value is -1.30. The van der Waals surface area contributed by atoms with Crippen molar-refractivity contribution in [2.75, 3.05) is 53.4 Å². The highest BCUT2D eigenvalue weighted by Gasteiger charge is 2.23. The summed E-state index contributed by atoms with van der Waals surface area (Å²) in [7, 11) is 3.92. The molecular formula is C18H35N5O. The number of carbonyl (C=O) groups is 1. The van der Waals surface area contributed by atoms with Gasteiger partial charge in [0.2, 0.25) is 5.91 Å². The first-order valence-corrected chi connectivity index (χ1v) is 9.54. The van der Waals surface area contributed by atoms with Crippen molar-refractivity contribution >= 4 is 11.9 Å². The summed E-state index contributed by atoms with van der Waals surface area (Å²) < 4.78 is 0. The van der Waals surface area contributed by atoms with Crippen molar-refractivity contribution in [3.8, 4) is 0 Å². The van der Waals surface area contributed by atoms with Crippen LogP contribution in [0.1, 0.15) is 39.0 Å². The summed E-state index contributed by atoms with van der Waals surface area (Å²) in [6, 6.07) is 0. The molecule has 6 heteroatoms. The van der Waals surface area contributed by atoms with Gasteiger partial charge < -0.3 is 20.4 Å². The van der Waals surface area contributed by atoms with Gasteiger partial charge in [-0.05, 0) is 58.0 Å². The van der Waals surface area contributed by atoms with Crippen LogP contribution < -0.4 is 10.6 Å². The van der Waals surface area contributed by atoms with Gasteiger partial charge in [0.1, 0.15) is 0 Å². The van der Waals surface area contributed by atoms with E-state index < -0.39 is 0 Å². The highest BCUT2D eigenvalue weighted by Crippen LogP contribution is 2.21. The topological polar surface area (TPSA) is 60.0 Å². The number of carbonyl (C=O) groups excluding carboxylic acids is 1. The summed E-state index contributed by atoms with van der Waals surface area (Å²) in [6.07, 6.45) is 5.39. The summed E-state index contributed by atoms with van der Waals surface area (Å²) in [6.45, 7) is 8.33. The maximum atomic E-state index is 11.5. The molecule has 0 aliphatic carbocycles. The Morgan fingerprint density at radius 2 is 1.92 bits per heavy atom. The summed E-state index contributed by atoms with van der Waals surface area (Å²) in [5, 5.41) is 6.19. The van der Waals surface area contributed by atoms with Crippen LogP contribution in [0.2, 0.25) is 0 Å². The average Bonchev–Trinajstić information content (AvgIpc) is 2.59. The number of nitrogens with zero attached hydrogens (tertiary/aromatic N) is 3. The molecule has 2 saturated heterocycles. The third-order valence-electron chi connectivity index (χ3n) is 5.22. The lowest BCUT2D eigenvalue weighted by molar-refractivity contribution is -0.121. The van der Waals surface area contributed by atoms with E-state index in [0.29, 0.717) is 18.3 Å². The van der Waals surface area contributed by atoms with E-state index in [1.54, 1.807) is 7.05 Å². The lowest BCUT2D eigenvalue weighted by Crippen LogP contribution is -2.46. The molecule has 138 valence electrons. The van der Waals surface area contributed by atoms with Crippen molar-refractivity contribution in [2.24, 2.45) is 16.8 Å². The first kappa shape index (κ1) is 19.0. The quantitative estimate of drug-likeness (QED) is 0.583. The number of hydrogen-bond donors (Lipinski definition) is 2. The van der Waals surface area contributed by atoms with Crippen molar-refractivity contribution in [1.82, 2.24) is 20.4 Å². The molecule has 2 aliphatic rings. The van der Waals surface area contributed by atoms with Gasteiger partial charge in [0.25, 0.3) is 0 Å². The molecule has 0 aromatic carbocycles. The smallest absolute Gasteiger partial charge is 0.220 e. The van der Waals surface area contributed by atoms with Gasteiger partial charge >= 0.3 is 0 Å². The van der Waals surface area contributed by atoms with E-state index >= 15 is 0 Å². The third-order valence-corrected chi connectivity index (χ3v) is 5.22. The van der Waals surface area contributed by atoms with Gasteiger partial charge in [-0.1, -0.05) is 0 Å². The molecule has 0 aromatic heterocycles. The molecule has 24 heavy (non-hydrogen) atoms. The molecule has 6 nitrogen and oxygen atoms in total. The van der Waals surface area contributed by atoms with Gasteiger partial charge in [-0.15, -0.1) is 0 Å². The second-order valence-electron chi connectivity index (χ2n) is 7.27. The summed E-state index contributed by atoms with van der Waals surface area (Å²) in [5.74, 6) is 2.42. The van der Waals surface area contributed by atoms with Gasteiger partial charge in [-0.25, -0.2) is 0 Å². The highest BCUT2D eigenvalue weighted by molar-refractivity contribution is 5.80. The van der Waals surface area contributed by atoms with Crippen LogP contribution in [-0.4, -0.2) is 75.0 Å². The number of aliphatic imine (C=N–C) groups is 1. The molecule has 2 heterocycles. The second-order valence-corrected chi connectivity index (χ2v) is 7.27. The predicted octanol–water partition coefficient (Wildman–Crippen LogP) is 1.14. The van der Waals surface area contributed by atoms with Crippen LogP contribution >= 0.6 is 0 Å². The zero-order valence-corrected chi connectivity index (χ0v) is 15.7. The van der Waals surface area contributed by atoms with Gasteiger partial charge in [0, 0.05) is 46.2 Å². The first-order chi connectivity index (χ1) is 11.6. The van der Waals surface area contributed by atoms with Crippen LogP contribution in [0, 0.1) is 11.8 Å². The van der Waals surface area contributed by atoms with Crippen LogP contribution in [0.25, 0.3) is 0 Å². The number of hydrogen-bond acceptors (Lipinski definition) is 3. The van der Waals surface area contributed by atoms with Crippen molar-refractivity contribution in [2.45, 2.75) is 39.0 Å². The molecule has 2 N–H and O–H groups in total. The van der Waals surface area contributed by atoms with Crippen LogP contribution in [-0.2, 0) is 4.79 Å². The number of guanidine groups is 1. The fourth-order valence-corrected chi connectivity index (χ4v) is 3.78. The number of likely N-dealkylation sites (tertiary alicyclic amines) is 2. The van der Waals surface area contributed by atoms with E-state index in [1.807, 2.05) is 0 Å².